The van der Waals surface area contributed by atoms with Crippen LogP contribution >= 0.6 is 0 Å². The van der Waals surface area contributed by atoms with Crippen LogP contribution in [0.4, 0.5) is 0 Å². The second-order valence-corrected chi connectivity index (χ2v) is 6.94. The molecule has 124 valence electrons. The van der Waals surface area contributed by atoms with Crippen LogP contribution in [-0.4, -0.2) is 18.3 Å². The van der Waals surface area contributed by atoms with Crippen molar-refractivity contribution in [1.29, 1.82) is 0 Å². The van der Waals surface area contributed by atoms with Crippen LogP contribution < -0.4 is 9.47 Å². The Morgan fingerprint density at radius 2 is 1.68 bits per heavy atom. The van der Waals surface area contributed by atoms with E-state index in [2.05, 4.69) is 13.8 Å². The predicted molar refractivity (Wildman–Crippen MR) is 89.9 cm³/mol. The fourth-order valence-electron chi connectivity index (χ4n) is 3.51. The lowest BCUT2D eigenvalue weighted by molar-refractivity contribution is 0.137. The van der Waals surface area contributed by atoms with Gasteiger partial charge in [-0.3, -0.25) is 0 Å². The minimum atomic E-state index is 0.121. The van der Waals surface area contributed by atoms with Crippen LogP contribution in [-0.2, 0) is 6.42 Å². The average molecular weight is 306 g/mol. The number of hydrogen-bond donors (Lipinski definition) is 1. The molecule has 0 heterocycles. The summed E-state index contributed by atoms with van der Waals surface area (Å²) in [6.07, 6.45) is 6.26. The van der Waals surface area contributed by atoms with Gasteiger partial charge < -0.3 is 14.6 Å². The predicted octanol–water partition coefficient (Wildman–Crippen LogP) is 4.95. The van der Waals surface area contributed by atoms with Crippen LogP contribution in [0.25, 0.3) is 0 Å². The summed E-state index contributed by atoms with van der Waals surface area (Å²) in [6, 6.07) is 3.96. The van der Waals surface area contributed by atoms with Gasteiger partial charge in [-0.1, -0.05) is 26.7 Å². The van der Waals surface area contributed by atoms with E-state index in [9.17, 15) is 5.11 Å². The van der Waals surface area contributed by atoms with Crippen LogP contribution in [0.1, 0.15) is 58.9 Å². The van der Waals surface area contributed by atoms with Crippen molar-refractivity contribution in [3.8, 4) is 17.2 Å². The van der Waals surface area contributed by atoms with Crippen LogP contribution in [0.3, 0.4) is 0 Å². The fraction of sp³-hybridized carbons (Fsp3) is 0.684. The first-order valence-electron chi connectivity index (χ1n) is 8.59. The van der Waals surface area contributed by atoms with E-state index in [4.69, 9.17) is 9.47 Å². The zero-order valence-electron chi connectivity index (χ0n) is 14.4. The summed E-state index contributed by atoms with van der Waals surface area (Å²) in [5.74, 6) is 1.87. The maximum absolute atomic E-state index is 10.2. The first-order valence-corrected chi connectivity index (χ1v) is 8.59. The molecular formula is C19H30O3. The van der Waals surface area contributed by atoms with Gasteiger partial charge in [-0.2, -0.15) is 0 Å². The quantitative estimate of drug-likeness (QED) is 0.808. The number of ether oxygens (including phenoxy) is 2. The van der Waals surface area contributed by atoms with Gasteiger partial charge in [-0.15, -0.1) is 0 Å². The molecule has 1 unspecified atom stereocenters. The Labute approximate surface area is 134 Å². The van der Waals surface area contributed by atoms with E-state index in [-0.39, 0.29) is 5.75 Å². The molecule has 1 fully saturated rings. The van der Waals surface area contributed by atoms with Gasteiger partial charge in [0.25, 0.3) is 0 Å². The first kappa shape index (κ1) is 17.0. The van der Waals surface area contributed by atoms with Crippen molar-refractivity contribution in [2.24, 2.45) is 11.3 Å². The van der Waals surface area contributed by atoms with Crippen molar-refractivity contribution in [1.82, 2.24) is 0 Å². The monoisotopic (exact) mass is 306 g/mol. The van der Waals surface area contributed by atoms with Crippen molar-refractivity contribution in [2.45, 2.75) is 59.8 Å². The van der Waals surface area contributed by atoms with Gasteiger partial charge in [-0.05, 0) is 62.1 Å². The Bertz CT molecular complexity index is 466. The molecule has 1 aliphatic carbocycles. The molecule has 1 aromatic rings. The summed E-state index contributed by atoms with van der Waals surface area (Å²) in [5.41, 5.74) is 1.58. The van der Waals surface area contributed by atoms with Crippen LogP contribution in [0.5, 0.6) is 17.2 Å². The maximum atomic E-state index is 10.2. The molecule has 0 bridgehead atoms. The lowest BCUT2D eigenvalue weighted by atomic mass is 9.67. The minimum Gasteiger partial charge on any atom is -0.502 e. The van der Waals surface area contributed by atoms with Crippen molar-refractivity contribution >= 4 is 0 Å². The minimum absolute atomic E-state index is 0.121. The highest BCUT2D eigenvalue weighted by atomic mass is 16.5. The van der Waals surface area contributed by atoms with Gasteiger partial charge in [0.15, 0.2) is 11.5 Å². The Morgan fingerprint density at radius 3 is 2.18 bits per heavy atom. The molecule has 1 saturated carbocycles. The number of hydrogen-bond acceptors (Lipinski definition) is 3. The third kappa shape index (κ3) is 3.88. The third-order valence-electron chi connectivity index (χ3n) is 4.91. The Kier molecular flexibility index (Phi) is 5.60. The van der Waals surface area contributed by atoms with Crippen molar-refractivity contribution in [2.75, 3.05) is 13.2 Å². The highest BCUT2D eigenvalue weighted by Gasteiger charge is 2.32. The van der Waals surface area contributed by atoms with E-state index in [1.807, 2.05) is 26.0 Å². The number of rotatable bonds is 6. The Morgan fingerprint density at radius 1 is 1.09 bits per heavy atom. The summed E-state index contributed by atoms with van der Waals surface area (Å²) in [6.45, 7) is 9.69. The second kappa shape index (κ2) is 7.26. The molecule has 0 aromatic heterocycles. The molecule has 1 aromatic carbocycles. The summed E-state index contributed by atoms with van der Waals surface area (Å²) in [4.78, 5) is 0. The summed E-state index contributed by atoms with van der Waals surface area (Å²) in [7, 11) is 0. The van der Waals surface area contributed by atoms with E-state index in [0.29, 0.717) is 36.0 Å². The lowest BCUT2D eigenvalue weighted by Gasteiger charge is -2.39. The Hall–Kier alpha value is -1.38. The largest absolute Gasteiger partial charge is 0.502 e. The van der Waals surface area contributed by atoms with Crippen LogP contribution in [0.2, 0.25) is 0 Å². The second-order valence-electron chi connectivity index (χ2n) is 6.94. The molecule has 0 amide bonds. The molecule has 0 radical (unpaired) electrons. The average Bonchev–Trinajstić information content (AvgIpc) is 2.46. The normalized spacial score (nSPS) is 20.6. The molecule has 0 spiro atoms. The molecule has 22 heavy (non-hydrogen) atoms. The van der Waals surface area contributed by atoms with Gasteiger partial charge >= 0.3 is 0 Å². The van der Waals surface area contributed by atoms with Crippen LogP contribution in [0.15, 0.2) is 12.1 Å². The smallest absolute Gasteiger partial charge is 0.200 e. The van der Waals surface area contributed by atoms with Crippen LogP contribution in [0, 0.1) is 11.3 Å². The molecule has 1 N–H and O–H groups in total. The van der Waals surface area contributed by atoms with Crippen molar-refractivity contribution in [3.63, 3.8) is 0 Å². The van der Waals surface area contributed by atoms with Gasteiger partial charge in [0, 0.05) is 0 Å². The molecule has 3 heteroatoms. The lowest BCUT2D eigenvalue weighted by Crippen LogP contribution is -2.29. The highest BCUT2D eigenvalue weighted by molar-refractivity contribution is 5.53. The van der Waals surface area contributed by atoms with E-state index in [1.54, 1.807) is 0 Å². The zero-order valence-corrected chi connectivity index (χ0v) is 14.4. The van der Waals surface area contributed by atoms with E-state index < -0.39 is 0 Å². The number of benzene rings is 1. The molecule has 1 aliphatic rings. The summed E-state index contributed by atoms with van der Waals surface area (Å²) >= 11 is 0. The van der Waals surface area contributed by atoms with Gasteiger partial charge in [0.05, 0.1) is 13.2 Å². The molecule has 0 aliphatic heterocycles. The molecule has 0 saturated heterocycles. The number of phenolic OH excluding ortho intramolecular Hbond substituents is 1. The molecule has 1 atom stereocenters. The summed E-state index contributed by atoms with van der Waals surface area (Å²) < 4.78 is 11.2. The van der Waals surface area contributed by atoms with Gasteiger partial charge in [-0.25, -0.2) is 0 Å². The topological polar surface area (TPSA) is 38.7 Å². The zero-order chi connectivity index (χ0) is 16.2. The van der Waals surface area contributed by atoms with Crippen molar-refractivity contribution in [3.05, 3.63) is 17.7 Å². The van der Waals surface area contributed by atoms with Crippen molar-refractivity contribution < 1.29 is 14.6 Å². The fourth-order valence-corrected chi connectivity index (χ4v) is 3.51. The Balaban J connectivity index is 2.25. The van der Waals surface area contributed by atoms with E-state index in [0.717, 1.165) is 6.42 Å². The standard InChI is InChI=1S/C19H30O3/c1-5-21-16-12-14(13-17(18(16)20)22-6-2)11-15-9-7-8-10-19(15,3)4/h12-13,15,20H,5-11H2,1-4H3. The maximum Gasteiger partial charge on any atom is 0.200 e. The number of aromatic hydroxyl groups is 1. The van der Waals surface area contributed by atoms with E-state index >= 15 is 0 Å². The highest BCUT2D eigenvalue weighted by Crippen LogP contribution is 2.44. The molecular weight excluding hydrogens is 276 g/mol. The van der Waals surface area contributed by atoms with Gasteiger partial charge in [0.2, 0.25) is 5.75 Å². The first-order chi connectivity index (χ1) is 10.5. The number of phenols is 1. The van der Waals surface area contributed by atoms with E-state index in [1.165, 1.54) is 31.2 Å². The molecule has 3 nitrogen and oxygen atoms in total. The molecule has 2 rings (SSSR count). The SMILES string of the molecule is CCOc1cc(CC2CCCCC2(C)C)cc(OCC)c1O. The summed E-state index contributed by atoms with van der Waals surface area (Å²) in [5, 5.41) is 10.2. The van der Waals surface area contributed by atoms with Gasteiger partial charge in [0.1, 0.15) is 0 Å². The third-order valence-corrected chi connectivity index (χ3v) is 4.91.